The fourth-order valence-corrected chi connectivity index (χ4v) is 3.60. The van der Waals surface area contributed by atoms with Crippen molar-refractivity contribution in [3.63, 3.8) is 0 Å². The molecule has 0 aliphatic rings. The lowest BCUT2D eigenvalue weighted by atomic mass is 9.98. The Bertz CT molecular complexity index is 1250. The van der Waals surface area contributed by atoms with Crippen molar-refractivity contribution in [2.75, 3.05) is 0 Å². The van der Waals surface area contributed by atoms with Crippen molar-refractivity contribution in [3.05, 3.63) is 108 Å². The number of hydrogen-bond donors (Lipinski definition) is 0. The van der Waals surface area contributed by atoms with Gasteiger partial charge in [0, 0.05) is 23.3 Å². The first kappa shape index (κ1) is 20.4. The molecule has 0 aliphatic carbocycles. The lowest BCUT2D eigenvalue weighted by Gasteiger charge is -2.09. The first-order valence-corrected chi connectivity index (χ1v) is 10.3. The normalized spacial score (nSPS) is 10.7. The molecule has 0 bridgehead atoms. The molecule has 0 spiro atoms. The van der Waals surface area contributed by atoms with Crippen molar-refractivity contribution >= 4 is 10.8 Å². The number of halogens is 1. The van der Waals surface area contributed by atoms with Gasteiger partial charge in [-0.25, -0.2) is 14.4 Å². The molecule has 0 atom stereocenters. The molecule has 4 rings (SSSR count). The highest BCUT2D eigenvalue weighted by atomic mass is 19.1. The van der Waals surface area contributed by atoms with Crippen molar-refractivity contribution in [2.24, 2.45) is 0 Å². The SMILES string of the molecule is C=CCCc1cnc(-c2ccc3c(F)c(CCc4ccc(C#N)cc4)ccc3c2)nc1. The first-order chi connectivity index (χ1) is 15.2. The van der Waals surface area contributed by atoms with Crippen LogP contribution in [-0.2, 0) is 19.3 Å². The Hall–Kier alpha value is -3.84. The minimum absolute atomic E-state index is 0.182. The maximum atomic E-state index is 15.1. The lowest BCUT2D eigenvalue weighted by Crippen LogP contribution is -1.97. The average Bonchev–Trinajstić information content (AvgIpc) is 2.83. The number of allylic oxidation sites excluding steroid dienone is 1. The van der Waals surface area contributed by atoms with Gasteiger partial charge < -0.3 is 0 Å². The predicted molar refractivity (Wildman–Crippen MR) is 122 cm³/mol. The van der Waals surface area contributed by atoms with E-state index in [9.17, 15) is 0 Å². The summed E-state index contributed by atoms with van der Waals surface area (Å²) in [6, 6.07) is 19.0. The zero-order chi connectivity index (χ0) is 21.6. The zero-order valence-electron chi connectivity index (χ0n) is 17.2. The molecular formula is C27H22FN3. The number of fused-ring (bicyclic) bond motifs is 1. The van der Waals surface area contributed by atoms with Gasteiger partial charge >= 0.3 is 0 Å². The summed E-state index contributed by atoms with van der Waals surface area (Å²) >= 11 is 0. The Balaban J connectivity index is 1.53. The van der Waals surface area contributed by atoms with Gasteiger partial charge in [-0.2, -0.15) is 5.26 Å². The van der Waals surface area contributed by atoms with E-state index in [2.05, 4.69) is 22.6 Å². The van der Waals surface area contributed by atoms with Crippen LogP contribution in [0.2, 0.25) is 0 Å². The predicted octanol–water partition coefficient (Wildman–Crippen LogP) is 6.21. The van der Waals surface area contributed by atoms with Crippen LogP contribution in [0.1, 0.15) is 28.7 Å². The minimum atomic E-state index is -0.182. The minimum Gasteiger partial charge on any atom is -0.236 e. The van der Waals surface area contributed by atoms with Crippen molar-refractivity contribution < 1.29 is 4.39 Å². The molecule has 0 fully saturated rings. The number of nitrogens with zero attached hydrogens (tertiary/aromatic N) is 3. The van der Waals surface area contributed by atoms with Crippen LogP contribution in [0.3, 0.4) is 0 Å². The lowest BCUT2D eigenvalue weighted by molar-refractivity contribution is 0.620. The van der Waals surface area contributed by atoms with E-state index < -0.39 is 0 Å². The van der Waals surface area contributed by atoms with Crippen LogP contribution >= 0.6 is 0 Å². The molecule has 4 aromatic rings. The Morgan fingerprint density at radius 3 is 2.39 bits per heavy atom. The summed E-state index contributed by atoms with van der Waals surface area (Å²) in [6.45, 7) is 3.73. The van der Waals surface area contributed by atoms with Crippen LogP contribution in [0.4, 0.5) is 4.39 Å². The molecule has 0 unspecified atom stereocenters. The topological polar surface area (TPSA) is 49.6 Å². The van der Waals surface area contributed by atoms with Gasteiger partial charge in [-0.1, -0.05) is 42.5 Å². The van der Waals surface area contributed by atoms with Gasteiger partial charge in [0.25, 0.3) is 0 Å². The molecule has 0 radical (unpaired) electrons. The molecular weight excluding hydrogens is 385 g/mol. The van der Waals surface area contributed by atoms with Gasteiger partial charge in [-0.15, -0.1) is 6.58 Å². The van der Waals surface area contributed by atoms with E-state index in [1.54, 1.807) is 18.2 Å². The third-order valence-corrected chi connectivity index (χ3v) is 5.40. The second-order valence-corrected chi connectivity index (χ2v) is 7.53. The second kappa shape index (κ2) is 9.32. The van der Waals surface area contributed by atoms with E-state index in [4.69, 9.17) is 5.26 Å². The van der Waals surface area contributed by atoms with Crippen LogP contribution in [0.5, 0.6) is 0 Å². The third-order valence-electron chi connectivity index (χ3n) is 5.40. The molecule has 31 heavy (non-hydrogen) atoms. The van der Waals surface area contributed by atoms with Crippen molar-refractivity contribution in [2.45, 2.75) is 25.7 Å². The van der Waals surface area contributed by atoms with Gasteiger partial charge in [0.05, 0.1) is 11.6 Å². The van der Waals surface area contributed by atoms with Crippen molar-refractivity contribution in [3.8, 4) is 17.5 Å². The maximum absolute atomic E-state index is 15.1. The maximum Gasteiger partial charge on any atom is 0.159 e. The summed E-state index contributed by atoms with van der Waals surface area (Å²) in [6.07, 6.45) is 8.64. The Kier molecular flexibility index (Phi) is 6.14. The van der Waals surface area contributed by atoms with Gasteiger partial charge in [-0.3, -0.25) is 0 Å². The zero-order valence-corrected chi connectivity index (χ0v) is 17.2. The summed E-state index contributed by atoms with van der Waals surface area (Å²) in [5, 5.41) is 10.3. The molecule has 3 aromatic carbocycles. The number of nitriles is 1. The molecule has 3 nitrogen and oxygen atoms in total. The molecule has 0 saturated carbocycles. The highest BCUT2D eigenvalue weighted by Crippen LogP contribution is 2.26. The van der Waals surface area contributed by atoms with Gasteiger partial charge in [0.1, 0.15) is 5.82 Å². The number of aryl methyl sites for hydroxylation is 3. The van der Waals surface area contributed by atoms with Gasteiger partial charge in [-0.05, 0) is 66.0 Å². The summed E-state index contributed by atoms with van der Waals surface area (Å²) in [5.74, 6) is 0.452. The van der Waals surface area contributed by atoms with Crippen LogP contribution < -0.4 is 0 Å². The fourth-order valence-electron chi connectivity index (χ4n) is 3.60. The molecule has 1 aromatic heterocycles. The van der Waals surface area contributed by atoms with E-state index >= 15 is 4.39 Å². The highest BCUT2D eigenvalue weighted by molar-refractivity contribution is 5.87. The molecule has 0 amide bonds. The standard InChI is InChI=1S/C27H22FN3/c1-2-3-4-21-17-30-27(31-18-21)24-13-14-25-23(15-24)12-11-22(26(25)28)10-9-19-5-7-20(16-29)8-6-19/h2,5-8,11-15,17-18H,1,3-4,9-10H2. The fraction of sp³-hybridized carbons (Fsp3) is 0.148. The molecule has 0 N–H and O–H groups in total. The van der Waals surface area contributed by atoms with E-state index in [1.165, 1.54) is 0 Å². The van der Waals surface area contributed by atoms with Crippen molar-refractivity contribution in [1.29, 1.82) is 5.26 Å². The molecule has 0 saturated heterocycles. The quantitative estimate of drug-likeness (QED) is 0.342. The van der Waals surface area contributed by atoms with E-state index in [-0.39, 0.29) is 5.82 Å². The first-order valence-electron chi connectivity index (χ1n) is 10.3. The Morgan fingerprint density at radius 2 is 1.68 bits per heavy atom. The van der Waals surface area contributed by atoms with Crippen LogP contribution in [0.25, 0.3) is 22.2 Å². The molecule has 152 valence electrons. The summed E-state index contributed by atoms with van der Waals surface area (Å²) < 4.78 is 15.1. The molecule has 0 aliphatic heterocycles. The second-order valence-electron chi connectivity index (χ2n) is 7.53. The highest BCUT2D eigenvalue weighted by Gasteiger charge is 2.10. The van der Waals surface area contributed by atoms with E-state index in [0.29, 0.717) is 28.8 Å². The van der Waals surface area contributed by atoms with Crippen molar-refractivity contribution in [1.82, 2.24) is 9.97 Å². The third kappa shape index (κ3) is 4.67. The molecule has 4 heteroatoms. The van der Waals surface area contributed by atoms with Gasteiger partial charge in [0.2, 0.25) is 0 Å². The largest absolute Gasteiger partial charge is 0.236 e. The number of rotatable bonds is 7. The monoisotopic (exact) mass is 407 g/mol. The smallest absolute Gasteiger partial charge is 0.159 e. The molecule has 1 heterocycles. The average molecular weight is 407 g/mol. The Labute approximate surface area is 181 Å². The van der Waals surface area contributed by atoms with Crippen LogP contribution in [0.15, 0.2) is 79.6 Å². The summed E-state index contributed by atoms with van der Waals surface area (Å²) in [4.78, 5) is 8.93. The number of hydrogen-bond acceptors (Lipinski definition) is 3. The number of aromatic nitrogens is 2. The van der Waals surface area contributed by atoms with E-state index in [0.717, 1.165) is 41.3 Å². The van der Waals surface area contributed by atoms with E-state index in [1.807, 2.05) is 54.9 Å². The number of benzene rings is 3. The van der Waals surface area contributed by atoms with Crippen LogP contribution in [-0.4, -0.2) is 9.97 Å². The summed E-state index contributed by atoms with van der Waals surface area (Å²) in [7, 11) is 0. The van der Waals surface area contributed by atoms with Crippen LogP contribution in [0, 0.1) is 17.1 Å². The Morgan fingerprint density at radius 1 is 0.903 bits per heavy atom. The van der Waals surface area contributed by atoms with Gasteiger partial charge in [0.15, 0.2) is 5.82 Å². The summed E-state index contributed by atoms with van der Waals surface area (Å²) in [5.41, 5.74) is 4.34.